The molecule has 0 saturated carbocycles. The first-order valence-electron chi connectivity index (χ1n) is 6.17. The summed E-state index contributed by atoms with van der Waals surface area (Å²) in [7, 11) is 1.46. The molecule has 1 aromatic carbocycles. The van der Waals surface area contributed by atoms with Crippen molar-refractivity contribution in [2.75, 3.05) is 33.4 Å². The molecule has 1 aliphatic rings. The van der Waals surface area contributed by atoms with Gasteiger partial charge in [-0.05, 0) is 18.2 Å². The Labute approximate surface area is 111 Å². The monoisotopic (exact) mass is 266 g/mol. The quantitative estimate of drug-likeness (QED) is 0.721. The van der Waals surface area contributed by atoms with E-state index in [9.17, 15) is 9.90 Å². The van der Waals surface area contributed by atoms with E-state index in [4.69, 9.17) is 9.47 Å². The van der Waals surface area contributed by atoms with Crippen LogP contribution in [0.15, 0.2) is 18.2 Å². The maximum Gasteiger partial charge on any atom is 0.251 e. The van der Waals surface area contributed by atoms with Crippen LogP contribution in [-0.2, 0) is 4.74 Å². The highest BCUT2D eigenvalue weighted by Crippen LogP contribution is 2.25. The van der Waals surface area contributed by atoms with E-state index in [1.807, 2.05) is 0 Å². The Balaban J connectivity index is 1.90. The molecule has 1 unspecified atom stereocenters. The Hall–Kier alpha value is -1.79. The van der Waals surface area contributed by atoms with E-state index in [2.05, 4.69) is 10.6 Å². The lowest BCUT2D eigenvalue weighted by Crippen LogP contribution is -2.48. The molecular formula is C13H18N2O4. The van der Waals surface area contributed by atoms with Crippen molar-refractivity contribution in [3.63, 3.8) is 0 Å². The molecule has 1 fully saturated rings. The second-order valence-electron chi connectivity index (χ2n) is 4.32. The van der Waals surface area contributed by atoms with Gasteiger partial charge in [-0.1, -0.05) is 0 Å². The highest BCUT2D eigenvalue weighted by molar-refractivity contribution is 5.94. The maximum atomic E-state index is 11.9. The van der Waals surface area contributed by atoms with Crippen LogP contribution in [0.1, 0.15) is 10.4 Å². The van der Waals surface area contributed by atoms with E-state index in [0.29, 0.717) is 31.1 Å². The topological polar surface area (TPSA) is 79.8 Å². The van der Waals surface area contributed by atoms with Crippen molar-refractivity contribution in [1.29, 1.82) is 0 Å². The van der Waals surface area contributed by atoms with Crippen LogP contribution in [0.5, 0.6) is 11.5 Å². The van der Waals surface area contributed by atoms with Crippen molar-refractivity contribution >= 4 is 5.91 Å². The van der Waals surface area contributed by atoms with Crippen LogP contribution in [0.4, 0.5) is 0 Å². The summed E-state index contributed by atoms with van der Waals surface area (Å²) in [4.78, 5) is 11.9. The van der Waals surface area contributed by atoms with Crippen LogP contribution in [0.3, 0.4) is 0 Å². The molecule has 1 amide bonds. The molecule has 1 atom stereocenters. The number of amides is 1. The summed E-state index contributed by atoms with van der Waals surface area (Å²) >= 11 is 0. The zero-order chi connectivity index (χ0) is 13.7. The van der Waals surface area contributed by atoms with Gasteiger partial charge in [0.25, 0.3) is 5.91 Å². The molecule has 6 heteroatoms. The maximum absolute atomic E-state index is 11.9. The normalized spacial score (nSPS) is 18.9. The van der Waals surface area contributed by atoms with E-state index in [1.165, 1.54) is 13.2 Å². The molecule has 2 rings (SSSR count). The van der Waals surface area contributed by atoms with E-state index >= 15 is 0 Å². The predicted molar refractivity (Wildman–Crippen MR) is 69.6 cm³/mol. The third-order valence-corrected chi connectivity index (χ3v) is 2.95. The SMILES string of the molecule is COc1ccc(C(=O)NCC2COCCN2)cc1O. The Bertz CT molecular complexity index is 444. The lowest BCUT2D eigenvalue weighted by molar-refractivity contribution is 0.0734. The molecular weight excluding hydrogens is 248 g/mol. The van der Waals surface area contributed by atoms with Gasteiger partial charge in [-0.25, -0.2) is 0 Å². The van der Waals surface area contributed by atoms with Crippen molar-refractivity contribution < 1.29 is 19.4 Å². The van der Waals surface area contributed by atoms with Gasteiger partial charge >= 0.3 is 0 Å². The minimum absolute atomic E-state index is 0.0470. The van der Waals surface area contributed by atoms with Crippen molar-refractivity contribution in [1.82, 2.24) is 10.6 Å². The molecule has 0 aliphatic carbocycles. The number of ether oxygens (including phenoxy) is 2. The van der Waals surface area contributed by atoms with Crippen LogP contribution in [0, 0.1) is 0 Å². The fourth-order valence-corrected chi connectivity index (χ4v) is 1.90. The molecule has 1 aliphatic heterocycles. The number of phenols is 1. The zero-order valence-corrected chi connectivity index (χ0v) is 10.8. The van der Waals surface area contributed by atoms with Crippen molar-refractivity contribution in [3.8, 4) is 11.5 Å². The zero-order valence-electron chi connectivity index (χ0n) is 10.8. The van der Waals surface area contributed by atoms with Gasteiger partial charge in [0.2, 0.25) is 0 Å². The van der Waals surface area contributed by atoms with Gasteiger partial charge in [-0.15, -0.1) is 0 Å². The van der Waals surface area contributed by atoms with Crippen LogP contribution in [0.2, 0.25) is 0 Å². The van der Waals surface area contributed by atoms with Gasteiger partial charge in [0.05, 0.1) is 20.3 Å². The fourth-order valence-electron chi connectivity index (χ4n) is 1.90. The molecule has 0 spiro atoms. The first kappa shape index (κ1) is 13.6. The summed E-state index contributed by atoms with van der Waals surface area (Å²) in [5, 5.41) is 15.7. The molecule has 0 bridgehead atoms. The second kappa shape index (κ2) is 6.40. The first-order valence-corrected chi connectivity index (χ1v) is 6.17. The number of morpholine rings is 1. The molecule has 19 heavy (non-hydrogen) atoms. The summed E-state index contributed by atoms with van der Waals surface area (Å²) in [6.45, 7) is 2.58. The minimum Gasteiger partial charge on any atom is -0.504 e. The molecule has 0 radical (unpaired) electrons. The first-order chi connectivity index (χ1) is 9.20. The van der Waals surface area contributed by atoms with Gasteiger partial charge in [-0.2, -0.15) is 0 Å². The van der Waals surface area contributed by atoms with Crippen LogP contribution in [-0.4, -0.2) is 50.5 Å². The Kier molecular flexibility index (Phi) is 4.59. The second-order valence-corrected chi connectivity index (χ2v) is 4.32. The van der Waals surface area contributed by atoms with Gasteiger partial charge in [0.1, 0.15) is 0 Å². The smallest absolute Gasteiger partial charge is 0.251 e. The number of nitrogens with one attached hydrogen (secondary N) is 2. The standard InChI is InChI=1S/C13H18N2O4/c1-18-12-3-2-9(6-11(12)16)13(17)15-7-10-8-19-5-4-14-10/h2-3,6,10,14,16H,4-5,7-8H2,1H3,(H,15,17). The largest absolute Gasteiger partial charge is 0.504 e. The summed E-state index contributed by atoms with van der Waals surface area (Å²) in [5.74, 6) is 0.0681. The number of carbonyl (C=O) groups is 1. The number of hydrogen-bond acceptors (Lipinski definition) is 5. The molecule has 104 valence electrons. The van der Waals surface area contributed by atoms with Gasteiger partial charge in [0.15, 0.2) is 11.5 Å². The average Bonchev–Trinajstić information content (AvgIpc) is 2.45. The fraction of sp³-hybridized carbons (Fsp3) is 0.462. The van der Waals surface area contributed by atoms with Gasteiger partial charge in [-0.3, -0.25) is 4.79 Å². The third-order valence-electron chi connectivity index (χ3n) is 2.95. The number of benzene rings is 1. The molecule has 1 saturated heterocycles. The van der Waals surface area contributed by atoms with E-state index in [1.54, 1.807) is 12.1 Å². The van der Waals surface area contributed by atoms with Crippen LogP contribution in [0.25, 0.3) is 0 Å². The van der Waals surface area contributed by atoms with Gasteiger partial charge < -0.3 is 25.2 Å². The van der Waals surface area contributed by atoms with E-state index in [0.717, 1.165) is 6.54 Å². The molecule has 0 aromatic heterocycles. The lowest BCUT2D eigenvalue weighted by Gasteiger charge is -2.23. The van der Waals surface area contributed by atoms with E-state index in [-0.39, 0.29) is 17.7 Å². The van der Waals surface area contributed by atoms with Gasteiger partial charge in [0, 0.05) is 24.7 Å². The Morgan fingerprint density at radius 1 is 1.63 bits per heavy atom. The van der Waals surface area contributed by atoms with Crippen molar-refractivity contribution in [2.45, 2.75) is 6.04 Å². The summed E-state index contributed by atoms with van der Waals surface area (Å²) in [5.41, 5.74) is 0.398. The lowest BCUT2D eigenvalue weighted by atomic mass is 10.2. The number of rotatable bonds is 4. The number of carbonyl (C=O) groups excluding carboxylic acids is 1. The predicted octanol–water partition coefficient (Wildman–Crippen LogP) is 0.119. The third kappa shape index (κ3) is 3.59. The molecule has 1 heterocycles. The van der Waals surface area contributed by atoms with Crippen molar-refractivity contribution in [3.05, 3.63) is 23.8 Å². The van der Waals surface area contributed by atoms with Crippen LogP contribution >= 0.6 is 0 Å². The summed E-state index contributed by atoms with van der Waals surface area (Å²) < 4.78 is 10.2. The summed E-state index contributed by atoms with van der Waals surface area (Å²) in [6, 6.07) is 4.69. The summed E-state index contributed by atoms with van der Waals surface area (Å²) in [6.07, 6.45) is 0. The molecule has 6 nitrogen and oxygen atoms in total. The van der Waals surface area contributed by atoms with Crippen LogP contribution < -0.4 is 15.4 Å². The highest BCUT2D eigenvalue weighted by Gasteiger charge is 2.15. The van der Waals surface area contributed by atoms with E-state index < -0.39 is 0 Å². The Morgan fingerprint density at radius 3 is 3.11 bits per heavy atom. The molecule has 3 N–H and O–H groups in total. The highest BCUT2D eigenvalue weighted by atomic mass is 16.5. The number of aromatic hydroxyl groups is 1. The number of phenolic OH excluding ortho intramolecular Hbond substituents is 1. The average molecular weight is 266 g/mol. The Morgan fingerprint density at radius 2 is 2.47 bits per heavy atom. The van der Waals surface area contributed by atoms with Crippen molar-refractivity contribution in [2.24, 2.45) is 0 Å². The minimum atomic E-state index is -0.231. The number of methoxy groups -OCH3 is 1. The molecule has 1 aromatic rings. The number of hydrogen-bond donors (Lipinski definition) is 3.